The number of carbonyl (C=O) groups excluding carboxylic acids is 3. The molecule has 0 aliphatic carbocycles. The van der Waals surface area contributed by atoms with Gasteiger partial charge >= 0.3 is 0 Å². The molecule has 0 radical (unpaired) electrons. The molecule has 160 valence electrons. The fourth-order valence-corrected chi connectivity index (χ4v) is 3.49. The quantitative estimate of drug-likeness (QED) is 0.668. The smallest absolute Gasteiger partial charge is 0.238 e. The summed E-state index contributed by atoms with van der Waals surface area (Å²) >= 11 is 0. The lowest BCUT2D eigenvalue weighted by molar-refractivity contribution is -0.128. The zero-order valence-corrected chi connectivity index (χ0v) is 18.4. The number of rotatable bonds is 9. The second-order valence-electron chi connectivity index (χ2n) is 7.91. The van der Waals surface area contributed by atoms with E-state index in [9.17, 15) is 14.4 Å². The van der Waals surface area contributed by atoms with Gasteiger partial charge in [-0.3, -0.25) is 19.3 Å². The maximum absolute atomic E-state index is 12.4. The minimum atomic E-state index is -0.583. The van der Waals surface area contributed by atoms with E-state index in [-0.39, 0.29) is 30.7 Å². The van der Waals surface area contributed by atoms with Crippen molar-refractivity contribution in [3.63, 3.8) is 0 Å². The molecule has 2 N–H and O–H groups in total. The lowest BCUT2D eigenvalue weighted by Gasteiger charge is -2.20. The number of nitrogens with one attached hydrogen (secondary N) is 2. The lowest BCUT2D eigenvalue weighted by atomic mass is 10.0. The zero-order chi connectivity index (χ0) is 22.3. The average molecular weight is 410 g/mol. The number of nitrogens with zero attached hydrogens (tertiary/aromatic N) is 1. The van der Waals surface area contributed by atoms with E-state index in [0.29, 0.717) is 6.42 Å². The van der Waals surface area contributed by atoms with Crippen molar-refractivity contribution in [2.45, 2.75) is 40.2 Å². The van der Waals surface area contributed by atoms with Crippen molar-refractivity contribution in [2.24, 2.45) is 0 Å². The number of Topliss-reactive ketones (excluding diaryl/α,β-unsaturated/α-hetero) is 1. The summed E-state index contributed by atoms with van der Waals surface area (Å²) in [5.74, 6) is -0.574. The minimum absolute atomic E-state index is 0.0256. The van der Waals surface area contributed by atoms with Gasteiger partial charge < -0.3 is 10.6 Å². The first-order valence-corrected chi connectivity index (χ1v) is 10.1. The third-order valence-electron chi connectivity index (χ3n) is 4.88. The molecule has 6 nitrogen and oxygen atoms in total. The van der Waals surface area contributed by atoms with Crippen LogP contribution in [0.3, 0.4) is 0 Å². The Morgan fingerprint density at radius 1 is 0.933 bits per heavy atom. The van der Waals surface area contributed by atoms with E-state index in [0.717, 1.165) is 27.9 Å². The molecule has 0 saturated heterocycles. The molecule has 0 heterocycles. The summed E-state index contributed by atoms with van der Waals surface area (Å²) < 4.78 is 0. The van der Waals surface area contributed by atoms with Gasteiger partial charge in [0.15, 0.2) is 5.78 Å². The summed E-state index contributed by atoms with van der Waals surface area (Å²) in [6, 6.07) is 13.0. The molecule has 0 fully saturated rings. The predicted molar refractivity (Wildman–Crippen MR) is 120 cm³/mol. The van der Waals surface area contributed by atoms with Crippen molar-refractivity contribution >= 4 is 23.3 Å². The van der Waals surface area contributed by atoms with Crippen molar-refractivity contribution in [3.8, 4) is 0 Å². The highest BCUT2D eigenvalue weighted by molar-refractivity contribution is 5.94. The Labute approximate surface area is 178 Å². The van der Waals surface area contributed by atoms with Crippen LogP contribution in [0.1, 0.15) is 29.2 Å². The molecule has 1 atom stereocenters. The largest absolute Gasteiger partial charge is 0.345 e. The molecule has 0 unspecified atom stereocenters. The summed E-state index contributed by atoms with van der Waals surface area (Å²) in [6.45, 7) is 7.51. The van der Waals surface area contributed by atoms with Gasteiger partial charge in [0, 0.05) is 5.69 Å². The predicted octanol–water partition coefficient (Wildman–Crippen LogP) is 2.80. The van der Waals surface area contributed by atoms with Crippen LogP contribution in [0.5, 0.6) is 0 Å². The molecule has 2 aromatic rings. The molecule has 0 bridgehead atoms. The number of hydrogen-bond donors (Lipinski definition) is 2. The standard InChI is InChI=1S/C24H31N3O3/c1-16-11-17(2)24(18(3)12-16)26-23(30)15-27(5)14-22(29)25-21(19(4)28)13-20-9-7-6-8-10-20/h6-12,21H,13-15H2,1-5H3,(H,25,29)(H,26,30)/t21-/m1/s1. The third kappa shape index (κ3) is 7.12. The summed E-state index contributed by atoms with van der Waals surface area (Å²) in [6.07, 6.45) is 0.443. The number of carbonyl (C=O) groups is 3. The number of amides is 2. The van der Waals surface area contributed by atoms with Gasteiger partial charge in [-0.25, -0.2) is 0 Å². The second-order valence-corrected chi connectivity index (χ2v) is 7.91. The van der Waals surface area contributed by atoms with Crippen molar-refractivity contribution in [1.29, 1.82) is 0 Å². The third-order valence-corrected chi connectivity index (χ3v) is 4.88. The van der Waals surface area contributed by atoms with Gasteiger partial charge in [-0.1, -0.05) is 48.0 Å². The average Bonchev–Trinajstić information content (AvgIpc) is 2.64. The number of anilines is 1. The first-order chi connectivity index (χ1) is 14.2. The van der Waals surface area contributed by atoms with Gasteiger partial charge in [0.25, 0.3) is 0 Å². The molecule has 0 aromatic heterocycles. The van der Waals surface area contributed by atoms with E-state index in [2.05, 4.69) is 10.6 Å². The molecule has 2 aromatic carbocycles. The highest BCUT2D eigenvalue weighted by atomic mass is 16.2. The minimum Gasteiger partial charge on any atom is -0.345 e. The highest BCUT2D eigenvalue weighted by Gasteiger charge is 2.19. The number of benzene rings is 2. The zero-order valence-electron chi connectivity index (χ0n) is 18.4. The molecule has 2 rings (SSSR count). The van der Waals surface area contributed by atoms with Gasteiger partial charge in [-0.15, -0.1) is 0 Å². The summed E-state index contributed by atoms with van der Waals surface area (Å²) in [7, 11) is 1.70. The van der Waals surface area contributed by atoms with Crippen LogP contribution in [-0.4, -0.2) is 48.7 Å². The topological polar surface area (TPSA) is 78.5 Å². The molecule has 6 heteroatoms. The Kier molecular flexibility index (Phi) is 8.30. The Hall–Kier alpha value is -2.99. The van der Waals surface area contributed by atoms with E-state index in [1.165, 1.54) is 6.92 Å². The second kappa shape index (κ2) is 10.7. The molecule has 30 heavy (non-hydrogen) atoms. The first kappa shape index (κ1) is 23.3. The molecule has 0 aliphatic rings. The van der Waals surface area contributed by atoms with Gasteiger partial charge in [0.2, 0.25) is 11.8 Å². The van der Waals surface area contributed by atoms with Crippen molar-refractivity contribution < 1.29 is 14.4 Å². The Balaban J connectivity index is 1.88. The van der Waals surface area contributed by atoms with Crippen molar-refractivity contribution in [2.75, 3.05) is 25.5 Å². The summed E-state index contributed by atoms with van der Waals surface area (Å²) in [5.41, 5.74) is 4.95. The fourth-order valence-electron chi connectivity index (χ4n) is 3.49. The molecular weight excluding hydrogens is 378 g/mol. The van der Waals surface area contributed by atoms with E-state index >= 15 is 0 Å². The van der Waals surface area contributed by atoms with Gasteiger partial charge in [-0.05, 0) is 57.9 Å². The number of hydrogen-bond acceptors (Lipinski definition) is 4. The summed E-state index contributed by atoms with van der Waals surface area (Å²) in [5, 5.41) is 5.72. The SMILES string of the molecule is CC(=O)[C@@H](Cc1ccccc1)NC(=O)CN(C)CC(=O)Nc1c(C)cc(C)cc1C. The van der Waals surface area contributed by atoms with Crippen LogP contribution in [0.2, 0.25) is 0 Å². The Morgan fingerprint density at radius 2 is 1.50 bits per heavy atom. The maximum atomic E-state index is 12.4. The van der Waals surface area contributed by atoms with Gasteiger partial charge in [0.05, 0.1) is 19.1 Å². The number of ketones is 1. The summed E-state index contributed by atoms with van der Waals surface area (Å²) in [4.78, 5) is 38.4. The molecule has 2 amide bonds. The van der Waals surface area contributed by atoms with Crippen LogP contribution >= 0.6 is 0 Å². The highest BCUT2D eigenvalue weighted by Crippen LogP contribution is 2.21. The van der Waals surface area contributed by atoms with E-state index in [1.54, 1.807) is 11.9 Å². The van der Waals surface area contributed by atoms with Crippen molar-refractivity contribution in [1.82, 2.24) is 10.2 Å². The number of likely N-dealkylation sites (N-methyl/N-ethyl adjacent to an activating group) is 1. The van der Waals surface area contributed by atoms with Crippen LogP contribution < -0.4 is 10.6 Å². The lowest BCUT2D eigenvalue weighted by Crippen LogP contribution is -2.46. The van der Waals surface area contributed by atoms with Gasteiger partial charge in [-0.2, -0.15) is 0 Å². The van der Waals surface area contributed by atoms with Crippen LogP contribution in [0.4, 0.5) is 5.69 Å². The molecular formula is C24H31N3O3. The monoisotopic (exact) mass is 409 g/mol. The Bertz CT molecular complexity index is 886. The number of aryl methyl sites for hydroxylation is 3. The van der Waals surface area contributed by atoms with Crippen LogP contribution in [0.25, 0.3) is 0 Å². The first-order valence-electron chi connectivity index (χ1n) is 10.1. The van der Waals surface area contributed by atoms with E-state index in [4.69, 9.17) is 0 Å². The van der Waals surface area contributed by atoms with E-state index < -0.39 is 6.04 Å². The van der Waals surface area contributed by atoms with Crippen LogP contribution in [0.15, 0.2) is 42.5 Å². The molecule has 0 spiro atoms. The molecule has 0 saturated carbocycles. The van der Waals surface area contributed by atoms with Gasteiger partial charge in [0.1, 0.15) is 0 Å². The van der Waals surface area contributed by atoms with E-state index in [1.807, 2.05) is 63.2 Å². The van der Waals surface area contributed by atoms with Crippen LogP contribution in [0, 0.1) is 20.8 Å². The fraction of sp³-hybridized carbons (Fsp3) is 0.375. The molecule has 0 aliphatic heterocycles. The normalized spacial score (nSPS) is 11.8. The van der Waals surface area contributed by atoms with Crippen LogP contribution in [-0.2, 0) is 20.8 Å². The van der Waals surface area contributed by atoms with Crippen molar-refractivity contribution in [3.05, 3.63) is 64.7 Å². The Morgan fingerprint density at radius 3 is 2.07 bits per heavy atom. The maximum Gasteiger partial charge on any atom is 0.238 e.